The van der Waals surface area contributed by atoms with E-state index in [2.05, 4.69) is 17.1 Å². The molecule has 0 amide bonds. The van der Waals surface area contributed by atoms with Crippen LogP contribution in [-0.4, -0.2) is 30.6 Å². The molecular formula is C15H21F3N2. The summed E-state index contributed by atoms with van der Waals surface area (Å²) in [6, 6.07) is 5.66. The Kier molecular flexibility index (Phi) is 4.91. The highest BCUT2D eigenvalue weighted by atomic mass is 19.4. The zero-order valence-electron chi connectivity index (χ0n) is 11.7. The number of halogens is 3. The first-order valence-electron chi connectivity index (χ1n) is 7.15. The van der Waals surface area contributed by atoms with Crippen LogP contribution in [0.25, 0.3) is 0 Å². The van der Waals surface area contributed by atoms with Crippen LogP contribution in [0.2, 0.25) is 0 Å². The van der Waals surface area contributed by atoms with E-state index in [0.29, 0.717) is 6.04 Å². The van der Waals surface area contributed by atoms with Crippen molar-refractivity contribution in [2.45, 2.75) is 38.4 Å². The molecule has 2 nitrogen and oxygen atoms in total. The normalized spacial score (nSPS) is 18.2. The zero-order valence-corrected chi connectivity index (χ0v) is 11.7. The summed E-state index contributed by atoms with van der Waals surface area (Å²) >= 11 is 0. The molecule has 20 heavy (non-hydrogen) atoms. The first kappa shape index (κ1) is 15.2. The molecule has 1 N–H and O–H groups in total. The maximum absolute atomic E-state index is 12.5. The zero-order chi connectivity index (χ0) is 14.6. The number of alkyl halides is 3. The molecule has 1 fully saturated rings. The fraction of sp³-hybridized carbons (Fsp3) is 0.600. The van der Waals surface area contributed by atoms with E-state index in [1.165, 1.54) is 12.1 Å². The van der Waals surface area contributed by atoms with Crippen molar-refractivity contribution in [1.29, 1.82) is 0 Å². The van der Waals surface area contributed by atoms with Crippen LogP contribution >= 0.6 is 0 Å². The van der Waals surface area contributed by atoms with Gasteiger partial charge in [0.25, 0.3) is 0 Å². The van der Waals surface area contributed by atoms with Gasteiger partial charge in [0.1, 0.15) is 0 Å². The van der Waals surface area contributed by atoms with Gasteiger partial charge in [0.15, 0.2) is 0 Å². The van der Waals surface area contributed by atoms with Gasteiger partial charge in [-0.2, -0.15) is 13.2 Å². The Morgan fingerprint density at radius 3 is 2.25 bits per heavy atom. The van der Waals surface area contributed by atoms with Gasteiger partial charge in [-0.1, -0.05) is 6.92 Å². The van der Waals surface area contributed by atoms with E-state index in [1.54, 1.807) is 0 Å². The molecule has 0 radical (unpaired) electrons. The number of hydrogen-bond acceptors (Lipinski definition) is 2. The average molecular weight is 286 g/mol. The SMILES string of the molecule is CCCN1CCC(Nc2ccc(C(F)(F)F)cc2)CC1. The maximum atomic E-state index is 12.5. The number of nitrogens with one attached hydrogen (secondary N) is 1. The van der Waals surface area contributed by atoms with Crippen LogP contribution in [-0.2, 0) is 6.18 Å². The molecule has 0 unspecified atom stereocenters. The number of likely N-dealkylation sites (tertiary alicyclic amines) is 1. The number of rotatable bonds is 4. The van der Waals surface area contributed by atoms with Crippen LogP contribution in [0.1, 0.15) is 31.7 Å². The summed E-state index contributed by atoms with van der Waals surface area (Å²) in [6.45, 7) is 5.43. The standard InChI is InChI=1S/C15H21F3N2/c1-2-9-20-10-7-14(8-11-20)19-13-5-3-12(4-6-13)15(16,17)18/h3-6,14,19H,2,7-11H2,1H3. The third-order valence-corrected chi connectivity index (χ3v) is 3.71. The molecule has 0 saturated carbocycles. The van der Waals surface area contributed by atoms with Crippen molar-refractivity contribution in [1.82, 2.24) is 4.90 Å². The Morgan fingerprint density at radius 2 is 1.75 bits per heavy atom. The summed E-state index contributed by atoms with van der Waals surface area (Å²) < 4.78 is 37.4. The molecule has 1 aromatic carbocycles. The lowest BCUT2D eigenvalue weighted by Gasteiger charge is -2.32. The van der Waals surface area contributed by atoms with Crippen LogP contribution in [0.4, 0.5) is 18.9 Å². The molecule has 1 heterocycles. The lowest BCUT2D eigenvalue weighted by Crippen LogP contribution is -2.39. The van der Waals surface area contributed by atoms with Crippen LogP contribution in [0.5, 0.6) is 0 Å². The van der Waals surface area contributed by atoms with E-state index < -0.39 is 11.7 Å². The predicted octanol–water partition coefficient (Wildman–Crippen LogP) is 3.99. The quantitative estimate of drug-likeness (QED) is 0.900. The highest BCUT2D eigenvalue weighted by Gasteiger charge is 2.30. The minimum absolute atomic E-state index is 0.361. The van der Waals surface area contributed by atoms with Gasteiger partial charge in [0.05, 0.1) is 5.56 Å². The minimum Gasteiger partial charge on any atom is -0.382 e. The van der Waals surface area contributed by atoms with Gasteiger partial charge in [-0.05, 0) is 50.1 Å². The molecule has 1 aliphatic rings. The van der Waals surface area contributed by atoms with Crippen molar-refractivity contribution in [2.75, 3.05) is 25.0 Å². The second-order valence-electron chi connectivity index (χ2n) is 5.34. The third-order valence-electron chi connectivity index (χ3n) is 3.71. The molecule has 0 bridgehead atoms. The van der Waals surface area contributed by atoms with Crippen molar-refractivity contribution in [3.63, 3.8) is 0 Å². The summed E-state index contributed by atoms with van der Waals surface area (Å²) in [5.41, 5.74) is 0.174. The van der Waals surface area contributed by atoms with Crippen molar-refractivity contribution < 1.29 is 13.2 Å². The molecule has 2 rings (SSSR count). The highest BCUT2D eigenvalue weighted by molar-refractivity contribution is 5.46. The van der Waals surface area contributed by atoms with Crippen LogP contribution < -0.4 is 5.32 Å². The van der Waals surface area contributed by atoms with Crippen LogP contribution in [0.3, 0.4) is 0 Å². The van der Waals surface area contributed by atoms with Gasteiger partial charge in [-0.25, -0.2) is 0 Å². The van der Waals surface area contributed by atoms with E-state index >= 15 is 0 Å². The smallest absolute Gasteiger partial charge is 0.382 e. The molecule has 0 atom stereocenters. The largest absolute Gasteiger partial charge is 0.416 e. The summed E-state index contributed by atoms with van der Waals surface area (Å²) in [5.74, 6) is 0. The molecule has 1 aliphatic heterocycles. The summed E-state index contributed by atoms with van der Waals surface area (Å²) in [6.07, 6.45) is -1.01. The van der Waals surface area contributed by atoms with Crippen molar-refractivity contribution in [2.24, 2.45) is 0 Å². The Morgan fingerprint density at radius 1 is 1.15 bits per heavy atom. The molecule has 5 heteroatoms. The Balaban J connectivity index is 1.85. The lowest BCUT2D eigenvalue weighted by atomic mass is 10.0. The number of hydrogen-bond donors (Lipinski definition) is 1. The van der Waals surface area contributed by atoms with E-state index in [-0.39, 0.29) is 0 Å². The highest BCUT2D eigenvalue weighted by Crippen LogP contribution is 2.30. The summed E-state index contributed by atoms with van der Waals surface area (Å²) in [7, 11) is 0. The molecule has 0 aliphatic carbocycles. The second-order valence-corrected chi connectivity index (χ2v) is 5.34. The number of anilines is 1. The monoisotopic (exact) mass is 286 g/mol. The molecule has 0 aromatic heterocycles. The Hall–Kier alpha value is -1.23. The van der Waals surface area contributed by atoms with E-state index in [4.69, 9.17) is 0 Å². The number of nitrogens with zero attached hydrogens (tertiary/aromatic N) is 1. The van der Waals surface area contributed by atoms with E-state index in [9.17, 15) is 13.2 Å². The van der Waals surface area contributed by atoms with Gasteiger partial charge in [-0.3, -0.25) is 0 Å². The lowest BCUT2D eigenvalue weighted by molar-refractivity contribution is -0.137. The minimum atomic E-state index is -4.26. The van der Waals surface area contributed by atoms with Gasteiger partial charge in [-0.15, -0.1) is 0 Å². The summed E-state index contributed by atoms with van der Waals surface area (Å²) in [4.78, 5) is 2.44. The molecule has 1 saturated heterocycles. The van der Waals surface area contributed by atoms with Crippen molar-refractivity contribution in [3.05, 3.63) is 29.8 Å². The van der Waals surface area contributed by atoms with E-state index in [1.807, 2.05) is 0 Å². The van der Waals surface area contributed by atoms with Crippen molar-refractivity contribution >= 4 is 5.69 Å². The Labute approximate surface area is 118 Å². The van der Waals surface area contributed by atoms with Gasteiger partial charge >= 0.3 is 6.18 Å². The van der Waals surface area contributed by atoms with Gasteiger partial charge in [0.2, 0.25) is 0 Å². The average Bonchev–Trinajstić information content (AvgIpc) is 2.41. The second kappa shape index (κ2) is 6.48. The van der Waals surface area contributed by atoms with Gasteiger partial charge < -0.3 is 10.2 Å². The molecule has 0 spiro atoms. The molecule has 1 aromatic rings. The first-order valence-corrected chi connectivity index (χ1v) is 7.15. The Bertz CT molecular complexity index is 406. The van der Waals surface area contributed by atoms with Crippen molar-refractivity contribution in [3.8, 4) is 0 Å². The topological polar surface area (TPSA) is 15.3 Å². The fourth-order valence-electron chi connectivity index (χ4n) is 2.61. The maximum Gasteiger partial charge on any atom is 0.416 e. The molecular weight excluding hydrogens is 265 g/mol. The predicted molar refractivity (Wildman–Crippen MR) is 74.8 cm³/mol. The third kappa shape index (κ3) is 4.13. The summed E-state index contributed by atoms with van der Waals surface area (Å²) in [5, 5.41) is 3.33. The first-order chi connectivity index (χ1) is 9.49. The van der Waals surface area contributed by atoms with E-state index in [0.717, 1.165) is 56.7 Å². The number of benzene rings is 1. The molecule has 112 valence electrons. The van der Waals surface area contributed by atoms with Gasteiger partial charge in [0, 0.05) is 24.8 Å². The van der Waals surface area contributed by atoms with Crippen LogP contribution in [0, 0.1) is 0 Å². The fourth-order valence-corrected chi connectivity index (χ4v) is 2.61. The van der Waals surface area contributed by atoms with Crippen LogP contribution in [0.15, 0.2) is 24.3 Å². The number of piperidine rings is 1.